The van der Waals surface area contributed by atoms with E-state index < -0.39 is 0 Å². The number of aromatic nitrogens is 3. The Balaban J connectivity index is 1.77. The van der Waals surface area contributed by atoms with Gasteiger partial charge in [0.1, 0.15) is 0 Å². The number of pyridine rings is 1. The number of hydrogen-bond donors (Lipinski definition) is 1. The highest BCUT2D eigenvalue weighted by Gasteiger charge is 2.20. The second kappa shape index (κ2) is 5.01. The average Bonchev–Trinajstić information content (AvgIpc) is 3.15. The van der Waals surface area contributed by atoms with Crippen LogP contribution in [-0.2, 0) is 13.6 Å². The van der Waals surface area contributed by atoms with Crippen molar-refractivity contribution < 1.29 is 4.74 Å². The number of rotatable bonds is 5. The van der Waals surface area contributed by atoms with Gasteiger partial charge in [0, 0.05) is 37.5 Å². The zero-order valence-electron chi connectivity index (χ0n) is 11.3. The molecule has 0 spiro atoms. The lowest BCUT2D eigenvalue weighted by Gasteiger charge is -2.10. The van der Waals surface area contributed by atoms with Crippen LogP contribution in [-0.4, -0.2) is 20.8 Å². The van der Waals surface area contributed by atoms with Crippen LogP contribution < -0.4 is 10.1 Å². The van der Waals surface area contributed by atoms with Crippen LogP contribution >= 0.6 is 0 Å². The first kappa shape index (κ1) is 12.2. The van der Waals surface area contributed by atoms with Gasteiger partial charge in [-0.25, -0.2) is 4.68 Å². The third-order valence-corrected chi connectivity index (χ3v) is 3.20. The van der Waals surface area contributed by atoms with Crippen LogP contribution in [0.3, 0.4) is 0 Å². The van der Waals surface area contributed by atoms with Crippen LogP contribution in [0, 0.1) is 6.92 Å². The van der Waals surface area contributed by atoms with Crippen LogP contribution in [0.2, 0.25) is 0 Å². The smallest absolute Gasteiger partial charge is 0.217 e. The Morgan fingerprint density at radius 3 is 3.00 bits per heavy atom. The molecule has 0 aliphatic heterocycles. The molecule has 100 valence electrons. The van der Waals surface area contributed by atoms with Gasteiger partial charge in [0.15, 0.2) is 5.75 Å². The van der Waals surface area contributed by atoms with E-state index in [0.717, 1.165) is 29.4 Å². The van der Waals surface area contributed by atoms with Gasteiger partial charge in [-0.15, -0.1) is 0 Å². The normalized spacial score (nSPS) is 14.6. The Labute approximate surface area is 112 Å². The van der Waals surface area contributed by atoms with Gasteiger partial charge in [-0.3, -0.25) is 4.98 Å². The summed E-state index contributed by atoms with van der Waals surface area (Å²) in [6, 6.07) is 4.60. The van der Waals surface area contributed by atoms with Crippen molar-refractivity contribution in [1.82, 2.24) is 20.1 Å². The molecule has 0 amide bonds. The summed E-state index contributed by atoms with van der Waals surface area (Å²) in [6.45, 7) is 2.77. The fourth-order valence-electron chi connectivity index (χ4n) is 1.98. The summed E-state index contributed by atoms with van der Waals surface area (Å²) in [4.78, 5) is 4.14. The summed E-state index contributed by atoms with van der Waals surface area (Å²) >= 11 is 0. The Morgan fingerprint density at radius 2 is 2.32 bits per heavy atom. The molecule has 5 nitrogen and oxygen atoms in total. The Kier molecular flexibility index (Phi) is 3.21. The Hall–Kier alpha value is -1.88. The molecule has 2 aromatic rings. The maximum Gasteiger partial charge on any atom is 0.217 e. The van der Waals surface area contributed by atoms with Crippen LogP contribution in [0.15, 0.2) is 24.5 Å². The molecule has 1 aliphatic rings. The first-order valence-corrected chi connectivity index (χ1v) is 6.57. The van der Waals surface area contributed by atoms with Gasteiger partial charge < -0.3 is 10.1 Å². The largest absolute Gasteiger partial charge is 0.437 e. The van der Waals surface area contributed by atoms with E-state index in [4.69, 9.17) is 4.74 Å². The minimum Gasteiger partial charge on any atom is -0.437 e. The summed E-state index contributed by atoms with van der Waals surface area (Å²) in [5.41, 5.74) is 2.07. The third-order valence-electron chi connectivity index (χ3n) is 3.20. The lowest BCUT2D eigenvalue weighted by atomic mass is 10.2. The third kappa shape index (κ3) is 2.93. The van der Waals surface area contributed by atoms with Crippen LogP contribution in [0.1, 0.15) is 24.1 Å². The van der Waals surface area contributed by atoms with Gasteiger partial charge in [0.05, 0.1) is 11.9 Å². The molecule has 0 atom stereocenters. The fraction of sp³-hybridized carbons (Fsp3) is 0.429. The summed E-state index contributed by atoms with van der Waals surface area (Å²) in [7, 11) is 1.88. The predicted octanol–water partition coefficient (Wildman–Crippen LogP) is 2.17. The Morgan fingerprint density at radius 1 is 1.47 bits per heavy atom. The van der Waals surface area contributed by atoms with Crippen LogP contribution in [0.25, 0.3) is 0 Å². The van der Waals surface area contributed by atoms with Crippen molar-refractivity contribution in [2.75, 3.05) is 0 Å². The highest BCUT2D eigenvalue weighted by molar-refractivity contribution is 5.33. The summed E-state index contributed by atoms with van der Waals surface area (Å²) in [5, 5.41) is 7.77. The van der Waals surface area contributed by atoms with Crippen molar-refractivity contribution in [3.05, 3.63) is 35.8 Å². The first-order chi connectivity index (χ1) is 9.22. The van der Waals surface area contributed by atoms with E-state index in [1.807, 2.05) is 26.1 Å². The lowest BCUT2D eigenvalue weighted by Crippen LogP contribution is -2.15. The van der Waals surface area contributed by atoms with Crippen molar-refractivity contribution in [3.63, 3.8) is 0 Å². The van der Waals surface area contributed by atoms with E-state index >= 15 is 0 Å². The molecule has 3 rings (SSSR count). The molecule has 1 fully saturated rings. The monoisotopic (exact) mass is 258 g/mol. The van der Waals surface area contributed by atoms with E-state index in [-0.39, 0.29) is 0 Å². The predicted molar refractivity (Wildman–Crippen MR) is 72.1 cm³/mol. The molecule has 1 saturated carbocycles. The molecule has 1 N–H and O–H groups in total. The first-order valence-electron chi connectivity index (χ1n) is 6.57. The average molecular weight is 258 g/mol. The number of hydrogen-bond acceptors (Lipinski definition) is 4. The second-order valence-corrected chi connectivity index (χ2v) is 4.99. The molecule has 1 aliphatic carbocycles. The van der Waals surface area contributed by atoms with Gasteiger partial charge in [-0.1, -0.05) is 0 Å². The van der Waals surface area contributed by atoms with Crippen LogP contribution in [0.5, 0.6) is 11.6 Å². The molecule has 2 heterocycles. The summed E-state index contributed by atoms with van der Waals surface area (Å²) in [5.74, 6) is 1.52. The van der Waals surface area contributed by atoms with Crippen molar-refractivity contribution in [3.8, 4) is 11.6 Å². The summed E-state index contributed by atoms with van der Waals surface area (Å²) < 4.78 is 7.65. The molecule has 0 saturated heterocycles. The molecule has 5 heteroatoms. The van der Waals surface area contributed by atoms with E-state index in [2.05, 4.69) is 15.4 Å². The van der Waals surface area contributed by atoms with Crippen LogP contribution in [0.4, 0.5) is 0 Å². The van der Waals surface area contributed by atoms with E-state index in [9.17, 15) is 0 Å². The standard InChI is InChI=1S/C14H18N4O/c1-10-7-14(18(2)17-10)19-13-9-15-6-5-11(13)8-16-12-3-4-12/h5-7,9,12,16H,3-4,8H2,1-2H3. The maximum absolute atomic E-state index is 5.91. The molecular formula is C14H18N4O. The lowest BCUT2D eigenvalue weighted by molar-refractivity contribution is 0.422. The van der Waals surface area contributed by atoms with Crippen molar-refractivity contribution in [2.45, 2.75) is 32.4 Å². The van der Waals surface area contributed by atoms with Gasteiger partial charge in [-0.05, 0) is 25.8 Å². The zero-order chi connectivity index (χ0) is 13.2. The van der Waals surface area contributed by atoms with Gasteiger partial charge in [0.2, 0.25) is 5.88 Å². The quantitative estimate of drug-likeness (QED) is 0.893. The van der Waals surface area contributed by atoms with Gasteiger partial charge in [-0.2, -0.15) is 5.10 Å². The van der Waals surface area contributed by atoms with Crippen molar-refractivity contribution in [1.29, 1.82) is 0 Å². The molecule has 0 unspecified atom stereocenters. The topological polar surface area (TPSA) is 52.0 Å². The van der Waals surface area contributed by atoms with Gasteiger partial charge in [0.25, 0.3) is 0 Å². The highest BCUT2D eigenvalue weighted by atomic mass is 16.5. The second-order valence-electron chi connectivity index (χ2n) is 4.99. The number of nitrogens with zero attached hydrogens (tertiary/aromatic N) is 3. The number of aryl methyl sites for hydroxylation is 2. The summed E-state index contributed by atoms with van der Waals surface area (Å²) in [6.07, 6.45) is 6.11. The minimum absolute atomic E-state index is 0.681. The molecule has 19 heavy (non-hydrogen) atoms. The molecule has 0 aromatic carbocycles. The fourth-order valence-corrected chi connectivity index (χ4v) is 1.98. The minimum atomic E-state index is 0.681. The SMILES string of the molecule is Cc1cc(Oc2cnccc2CNC2CC2)n(C)n1. The van der Waals surface area contributed by atoms with E-state index in [1.165, 1.54) is 12.8 Å². The van der Waals surface area contributed by atoms with Crippen molar-refractivity contribution in [2.24, 2.45) is 7.05 Å². The number of ether oxygens (including phenoxy) is 1. The molecular weight excluding hydrogens is 240 g/mol. The molecule has 0 bridgehead atoms. The van der Waals surface area contributed by atoms with E-state index in [0.29, 0.717) is 6.04 Å². The molecule has 2 aromatic heterocycles. The highest BCUT2D eigenvalue weighted by Crippen LogP contribution is 2.26. The zero-order valence-corrected chi connectivity index (χ0v) is 11.3. The number of nitrogens with one attached hydrogen (secondary N) is 1. The van der Waals surface area contributed by atoms with E-state index in [1.54, 1.807) is 17.1 Å². The van der Waals surface area contributed by atoms with Gasteiger partial charge >= 0.3 is 0 Å². The van der Waals surface area contributed by atoms with Crippen molar-refractivity contribution >= 4 is 0 Å². The molecule has 0 radical (unpaired) electrons. The maximum atomic E-state index is 5.91. The Bertz CT molecular complexity index is 575.